The van der Waals surface area contributed by atoms with Gasteiger partial charge in [0, 0.05) is 0 Å². The minimum atomic E-state index is 0.458. The van der Waals surface area contributed by atoms with Crippen LogP contribution >= 0.6 is 0 Å². The molecule has 8 rings (SSSR count). The van der Waals surface area contributed by atoms with Gasteiger partial charge in [-0.3, -0.25) is 0 Å². The Bertz CT molecular complexity index is 1410. The quantitative estimate of drug-likeness (QED) is 0.242. The maximum Gasteiger partial charge on any atom is -0.0138 e. The van der Waals surface area contributed by atoms with E-state index in [1.165, 1.54) is 121 Å². The van der Waals surface area contributed by atoms with E-state index in [-0.39, 0.29) is 0 Å². The van der Waals surface area contributed by atoms with Gasteiger partial charge in [0.25, 0.3) is 0 Å². The summed E-state index contributed by atoms with van der Waals surface area (Å²) >= 11 is 0. The molecule has 0 aliphatic heterocycles. The second kappa shape index (κ2) is 15.4. The van der Waals surface area contributed by atoms with Gasteiger partial charge >= 0.3 is 0 Å². The second-order valence-electron chi connectivity index (χ2n) is 25.9. The third-order valence-corrected chi connectivity index (χ3v) is 23.3. The molecule has 0 aromatic carbocycles. The summed E-state index contributed by atoms with van der Waals surface area (Å²) in [6, 6.07) is 0. The summed E-state index contributed by atoms with van der Waals surface area (Å²) in [5, 5.41) is 0. The lowest BCUT2D eigenvalue weighted by atomic mass is 9.35. The van der Waals surface area contributed by atoms with E-state index in [9.17, 15) is 0 Å². The highest BCUT2D eigenvalue weighted by atomic mass is 14.7. The van der Waals surface area contributed by atoms with Crippen molar-refractivity contribution < 1.29 is 0 Å². The van der Waals surface area contributed by atoms with E-state index < -0.39 is 0 Å². The van der Waals surface area contributed by atoms with Gasteiger partial charge in [0.1, 0.15) is 0 Å². The van der Waals surface area contributed by atoms with Crippen molar-refractivity contribution in [2.75, 3.05) is 0 Å². The van der Waals surface area contributed by atoms with Crippen LogP contribution in [0.4, 0.5) is 0 Å². The average Bonchev–Trinajstić information content (AvgIpc) is 3.68. The zero-order valence-electron chi connectivity index (χ0n) is 39.5. The van der Waals surface area contributed by atoms with Crippen LogP contribution in [0.25, 0.3) is 0 Å². The Hall–Kier alpha value is -0.520. The summed E-state index contributed by atoms with van der Waals surface area (Å²) in [6.45, 7) is 36.7. The van der Waals surface area contributed by atoms with Gasteiger partial charge in [0.2, 0.25) is 0 Å². The molecule has 10 unspecified atom stereocenters. The van der Waals surface area contributed by atoms with Crippen LogP contribution in [0.1, 0.15) is 205 Å². The Balaban J connectivity index is 0.855. The minimum Gasteiger partial charge on any atom is -0.0958 e. The van der Waals surface area contributed by atoms with E-state index in [1.54, 1.807) is 12.0 Å². The van der Waals surface area contributed by atoms with Crippen LogP contribution in [0.3, 0.4) is 0 Å². The summed E-state index contributed by atoms with van der Waals surface area (Å²) in [5.41, 5.74) is 5.21. The van der Waals surface area contributed by atoms with Crippen LogP contribution in [-0.4, -0.2) is 0 Å². The molecule has 0 heteroatoms. The lowest BCUT2D eigenvalue weighted by Gasteiger charge is -2.69. The van der Waals surface area contributed by atoms with Gasteiger partial charge in [0.15, 0.2) is 0 Å². The zero-order chi connectivity index (χ0) is 40.1. The van der Waals surface area contributed by atoms with Crippen molar-refractivity contribution in [1.82, 2.24) is 0 Å². The van der Waals surface area contributed by atoms with E-state index in [4.69, 9.17) is 0 Å². The van der Waals surface area contributed by atoms with E-state index in [0.717, 1.165) is 101 Å². The van der Waals surface area contributed by atoms with Crippen molar-refractivity contribution in [1.29, 1.82) is 0 Å². The molecule has 0 amide bonds. The molecule has 8 aliphatic carbocycles. The van der Waals surface area contributed by atoms with Gasteiger partial charge in [-0.15, -0.1) is 0 Å². The third-order valence-electron chi connectivity index (χ3n) is 23.3. The molecule has 0 nitrogen and oxygen atoms in total. The Morgan fingerprint density at radius 2 is 1.05 bits per heavy atom. The topological polar surface area (TPSA) is 0 Å². The number of fused-ring (bicyclic) bond motifs is 5. The molecule has 318 valence electrons. The van der Waals surface area contributed by atoms with E-state index >= 15 is 0 Å². The molecule has 15 atom stereocenters. The molecular formula is C56H94. The Kier molecular flexibility index (Phi) is 11.6. The molecule has 0 aromatic heterocycles. The third kappa shape index (κ3) is 6.96. The molecule has 0 saturated heterocycles. The SMILES string of the molecule is C=C1C=C(C2CC[C@]3(C)C4CC[C@]5(C)C[C@@H](CC6CC(C)C(CC7CC(C)C(CC8CC(C)C(C)C(C)C8)C(C)C7)C(C)C6)CC[C@]5(C)C4CC(C)[C@]23C)CC1. The highest BCUT2D eigenvalue weighted by Crippen LogP contribution is 2.77. The van der Waals surface area contributed by atoms with Crippen LogP contribution < -0.4 is 0 Å². The molecule has 8 aliphatic rings. The molecule has 0 N–H and O–H groups in total. The number of hydrogen-bond donors (Lipinski definition) is 0. The first-order valence-corrected chi connectivity index (χ1v) is 25.7. The fraction of sp³-hybridized carbons (Fsp3) is 0.929. The van der Waals surface area contributed by atoms with Gasteiger partial charge in [-0.25, -0.2) is 0 Å². The van der Waals surface area contributed by atoms with Crippen LogP contribution in [0.15, 0.2) is 23.8 Å². The van der Waals surface area contributed by atoms with Crippen LogP contribution in [0, 0.1) is 122 Å². The van der Waals surface area contributed by atoms with Crippen molar-refractivity contribution in [2.24, 2.45) is 122 Å². The van der Waals surface area contributed by atoms with E-state index in [1.807, 2.05) is 0 Å². The van der Waals surface area contributed by atoms with Gasteiger partial charge in [-0.1, -0.05) is 107 Å². The Morgan fingerprint density at radius 3 is 1.59 bits per heavy atom. The minimum absolute atomic E-state index is 0.458. The Labute approximate surface area is 349 Å². The lowest BCUT2D eigenvalue weighted by Crippen LogP contribution is -2.62. The van der Waals surface area contributed by atoms with E-state index in [2.05, 4.69) is 95.7 Å². The molecule has 7 saturated carbocycles. The van der Waals surface area contributed by atoms with Gasteiger partial charge in [-0.05, 0) is 244 Å². The molecular weight excluding hydrogens is 673 g/mol. The first-order valence-electron chi connectivity index (χ1n) is 25.7. The predicted octanol–water partition coefficient (Wildman–Crippen LogP) is 16.6. The molecule has 7 fully saturated rings. The molecule has 0 heterocycles. The highest BCUT2D eigenvalue weighted by Gasteiger charge is 2.69. The molecule has 0 radical (unpaired) electrons. The second-order valence-corrected chi connectivity index (χ2v) is 25.9. The van der Waals surface area contributed by atoms with Gasteiger partial charge in [-0.2, -0.15) is 0 Å². The fourth-order valence-corrected chi connectivity index (χ4v) is 19.4. The van der Waals surface area contributed by atoms with Crippen LogP contribution in [0.5, 0.6) is 0 Å². The monoisotopic (exact) mass is 767 g/mol. The molecule has 0 spiro atoms. The number of hydrogen-bond acceptors (Lipinski definition) is 0. The first-order chi connectivity index (χ1) is 26.4. The smallest absolute Gasteiger partial charge is 0.0138 e. The lowest BCUT2D eigenvalue weighted by molar-refractivity contribution is -0.206. The summed E-state index contributed by atoms with van der Waals surface area (Å²) < 4.78 is 0. The molecule has 0 bridgehead atoms. The summed E-state index contributed by atoms with van der Waals surface area (Å²) in [4.78, 5) is 0. The normalized spacial score (nSPS) is 56.2. The van der Waals surface area contributed by atoms with Crippen molar-refractivity contribution in [3.8, 4) is 0 Å². The summed E-state index contributed by atoms with van der Waals surface area (Å²) in [7, 11) is 0. The van der Waals surface area contributed by atoms with Crippen LogP contribution in [-0.2, 0) is 0 Å². The van der Waals surface area contributed by atoms with Gasteiger partial charge < -0.3 is 0 Å². The maximum absolute atomic E-state index is 4.39. The predicted molar refractivity (Wildman–Crippen MR) is 242 cm³/mol. The average molecular weight is 767 g/mol. The molecule has 56 heavy (non-hydrogen) atoms. The van der Waals surface area contributed by atoms with Crippen molar-refractivity contribution in [3.05, 3.63) is 23.8 Å². The molecule has 0 aromatic rings. The van der Waals surface area contributed by atoms with Gasteiger partial charge in [0.05, 0.1) is 0 Å². The fourth-order valence-electron chi connectivity index (χ4n) is 19.4. The number of allylic oxidation sites excluding steroid dienone is 3. The summed E-state index contributed by atoms with van der Waals surface area (Å²) in [6.07, 6.45) is 30.8. The number of rotatable bonds is 7. The van der Waals surface area contributed by atoms with Crippen molar-refractivity contribution in [2.45, 2.75) is 205 Å². The van der Waals surface area contributed by atoms with Crippen molar-refractivity contribution in [3.63, 3.8) is 0 Å². The maximum atomic E-state index is 4.39. The summed E-state index contributed by atoms with van der Waals surface area (Å²) in [5.74, 6) is 15.8. The largest absolute Gasteiger partial charge is 0.0958 e. The highest BCUT2D eigenvalue weighted by molar-refractivity contribution is 5.34. The zero-order valence-corrected chi connectivity index (χ0v) is 39.5. The first kappa shape index (κ1) is 42.2. The Morgan fingerprint density at radius 1 is 0.536 bits per heavy atom. The standard InChI is InChI=1S/C56H94/c1-34-14-15-47(22-34)50-18-21-55(12)51-17-19-53(10)33-43(16-20-54(53,11)52(51)29-41(8)56(50,55)13)30-44-25-37(4)49(38(5)26-44)32-46-27-39(6)48(40(7)28-46)31-45-23-35(2)42(9)36(3)24-45/h22,35-46,48-52H,1,14-21,23-33H2,2-13H3/t35?,36?,37?,38?,39?,40?,41?,42?,43-,44?,45?,46?,48?,49?,50?,51?,52?,53-,54-,55-,56-/m1/s1. The van der Waals surface area contributed by atoms with Crippen LogP contribution in [0.2, 0.25) is 0 Å². The van der Waals surface area contributed by atoms with Crippen molar-refractivity contribution >= 4 is 0 Å². The van der Waals surface area contributed by atoms with E-state index in [0.29, 0.717) is 21.7 Å².